The molecule has 0 fully saturated rings. The van der Waals surface area contributed by atoms with E-state index in [9.17, 15) is 0 Å². The van der Waals surface area contributed by atoms with Crippen molar-refractivity contribution < 1.29 is 9.47 Å². The lowest BCUT2D eigenvalue weighted by Gasteiger charge is -2.10. The number of anilines is 2. The molecular formula is C16H19N5O2. The van der Waals surface area contributed by atoms with Crippen LogP contribution >= 0.6 is 0 Å². The van der Waals surface area contributed by atoms with Gasteiger partial charge in [0.05, 0.1) is 25.6 Å². The molecule has 0 bridgehead atoms. The molecule has 2 aromatic rings. The second kappa shape index (κ2) is 6.43. The fourth-order valence-electron chi connectivity index (χ4n) is 2.40. The molecule has 4 N–H and O–H groups in total. The van der Waals surface area contributed by atoms with Crippen LogP contribution in [0.25, 0.3) is 11.0 Å². The van der Waals surface area contributed by atoms with Gasteiger partial charge in [0.1, 0.15) is 22.6 Å². The van der Waals surface area contributed by atoms with Crippen LogP contribution in [0.15, 0.2) is 47.5 Å². The molecule has 1 aromatic carbocycles. The van der Waals surface area contributed by atoms with Crippen molar-refractivity contribution >= 4 is 22.4 Å². The average molecular weight is 313 g/mol. The van der Waals surface area contributed by atoms with E-state index in [-0.39, 0.29) is 0 Å². The van der Waals surface area contributed by atoms with Crippen molar-refractivity contribution in [3.63, 3.8) is 0 Å². The third kappa shape index (κ3) is 3.13. The Morgan fingerprint density at radius 3 is 2.87 bits per heavy atom. The molecule has 1 aliphatic rings. The highest BCUT2D eigenvalue weighted by atomic mass is 16.5. The molecule has 120 valence electrons. The van der Waals surface area contributed by atoms with Crippen LogP contribution in [-0.4, -0.2) is 36.2 Å². The summed E-state index contributed by atoms with van der Waals surface area (Å²) in [6.45, 7) is 0.616. The van der Waals surface area contributed by atoms with Gasteiger partial charge in [0.15, 0.2) is 0 Å². The number of ether oxygens (including phenoxy) is 2. The van der Waals surface area contributed by atoms with E-state index >= 15 is 0 Å². The summed E-state index contributed by atoms with van der Waals surface area (Å²) in [5.41, 5.74) is 10.0. The van der Waals surface area contributed by atoms with Gasteiger partial charge >= 0.3 is 0 Å². The molecule has 0 aliphatic heterocycles. The second-order valence-corrected chi connectivity index (χ2v) is 5.12. The number of benzene rings is 1. The largest absolute Gasteiger partial charge is 0.501 e. The molecule has 7 nitrogen and oxygen atoms in total. The monoisotopic (exact) mass is 313 g/mol. The first kappa shape index (κ1) is 15.0. The smallest absolute Gasteiger partial charge is 0.137 e. The van der Waals surface area contributed by atoms with E-state index in [0.717, 1.165) is 28.3 Å². The number of hydrogen-bond acceptors (Lipinski definition) is 6. The number of rotatable bonds is 5. The number of H-pyrrole nitrogens is 1. The van der Waals surface area contributed by atoms with Crippen LogP contribution in [0.4, 0.5) is 11.4 Å². The molecule has 23 heavy (non-hydrogen) atoms. The zero-order valence-electron chi connectivity index (χ0n) is 13.1. The van der Waals surface area contributed by atoms with Gasteiger partial charge in [-0.1, -0.05) is 6.08 Å². The van der Waals surface area contributed by atoms with Crippen LogP contribution in [0.3, 0.4) is 0 Å². The minimum Gasteiger partial charge on any atom is -0.501 e. The van der Waals surface area contributed by atoms with Crippen LogP contribution in [0.1, 0.15) is 6.42 Å². The molecule has 1 aliphatic carbocycles. The first-order valence-corrected chi connectivity index (χ1v) is 7.23. The van der Waals surface area contributed by atoms with Crippen molar-refractivity contribution in [3.8, 4) is 0 Å². The Labute approximate surface area is 133 Å². The molecule has 0 spiro atoms. The lowest BCUT2D eigenvalue weighted by molar-refractivity contribution is 0.271. The zero-order valence-corrected chi connectivity index (χ0v) is 13.1. The number of aromatic nitrogens is 3. The Bertz CT molecular complexity index is 804. The van der Waals surface area contributed by atoms with E-state index in [1.165, 1.54) is 0 Å². The van der Waals surface area contributed by atoms with Gasteiger partial charge in [-0.2, -0.15) is 15.4 Å². The molecule has 0 saturated heterocycles. The lowest BCUT2D eigenvalue weighted by atomic mass is 10.2. The molecule has 0 atom stereocenters. The third-order valence-electron chi connectivity index (χ3n) is 3.71. The number of fused-ring (bicyclic) bond motifs is 1. The minimum atomic E-state index is 0.581. The number of allylic oxidation sites excluding steroid dienone is 2. The Balaban J connectivity index is 1.77. The standard InChI is InChI=1S/C16H19N5O2/c1-22-11-4-3-10(7-12(8-11)23-2)9-18-13-5-6-14-16(15(13)17)20-21-19-14/h3,5-8,18H,4,9,17H2,1-2H3,(H,19,20,21). The molecule has 1 aromatic heterocycles. The summed E-state index contributed by atoms with van der Waals surface area (Å²) in [6.07, 6.45) is 6.68. The molecule has 0 radical (unpaired) electrons. The highest BCUT2D eigenvalue weighted by Crippen LogP contribution is 2.26. The SMILES string of the molecule is COC1=CC(CNc2ccc3n[nH]nc3c2N)=CCC(OC)=C1. The van der Waals surface area contributed by atoms with Gasteiger partial charge in [-0.15, -0.1) is 0 Å². The normalized spacial score (nSPS) is 14.6. The molecule has 0 amide bonds. The van der Waals surface area contributed by atoms with E-state index in [4.69, 9.17) is 15.2 Å². The van der Waals surface area contributed by atoms with Crippen molar-refractivity contribution in [1.82, 2.24) is 15.4 Å². The minimum absolute atomic E-state index is 0.581. The van der Waals surface area contributed by atoms with E-state index in [2.05, 4.69) is 26.8 Å². The predicted molar refractivity (Wildman–Crippen MR) is 89.7 cm³/mol. The van der Waals surface area contributed by atoms with Crippen molar-refractivity contribution in [1.29, 1.82) is 0 Å². The predicted octanol–water partition coefficient (Wildman–Crippen LogP) is 2.34. The quantitative estimate of drug-likeness (QED) is 0.733. The first-order valence-electron chi connectivity index (χ1n) is 7.23. The molecule has 1 heterocycles. The van der Waals surface area contributed by atoms with Gasteiger partial charge in [-0.25, -0.2) is 0 Å². The Morgan fingerprint density at radius 2 is 2.09 bits per heavy atom. The van der Waals surface area contributed by atoms with Crippen molar-refractivity contribution in [3.05, 3.63) is 47.5 Å². The summed E-state index contributed by atoms with van der Waals surface area (Å²) < 4.78 is 10.7. The molecular weight excluding hydrogens is 294 g/mol. The molecule has 3 rings (SSSR count). The number of nitrogen functional groups attached to an aromatic ring is 1. The van der Waals surface area contributed by atoms with Crippen LogP contribution in [0.2, 0.25) is 0 Å². The van der Waals surface area contributed by atoms with E-state index in [1.54, 1.807) is 14.2 Å². The number of methoxy groups -OCH3 is 2. The highest BCUT2D eigenvalue weighted by Gasteiger charge is 2.09. The van der Waals surface area contributed by atoms with Crippen molar-refractivity contribution in [2.45, 2.75) is 6.42 Å². The number of aromatic amines is 1. The summed E-state index contributed by atoms with van der Waals surface area (Å²) in [5, 5.41) is 14.0. The Kier molecular flexibility index (Phi) is 4.18. The topological polar surface area (TPSA) is 98.1 Å². The summed E-state index contributed by atoms with van der Waals surface area (Å²) in [7, 11) is 3.30. The zero-order chi connectivity index (χ0) is 16.2. The van der Waals surface area contributed by atoms with Gasteiger partial charge in [0, 0.05) is 19.0 Å². The number of hydrogen-bond donors (Lipinski definition) is 3. The van der Waals surface area contributed by atoms with Gasteiger partial charge in [0.25, 0.3) is 0 Å². The van der Waals surface area contributed by atoms with Crippen LogP contribution in [0.5, 0.6) is 0 Å². The van der Waals surface area contributed by atoms with Gasteiger partial charge in [-0.05, 0) is 23.8 Å². The third-order valence-corrected chi connectivity index (χ3v) is 3.71. The van der Waals surface area contributed by atoms with Crippen LogP contribution < -0.4 is 11.1 Å². The maximum absolute atomic E-state index is 6.13. The van der Waals surface area contributed by atoms with Gasteiger partial charge < -0.3 is 20.5 Å². The lowest BCUT2D eigenvalue weighted by Crippen LogP contribution is -2.06. The summed E-state index contributed by atoms with van der Waals surface area (Å²) in [5.74, 6) is 1.61. The maximum atomic E-state index is 6.13. The fourth-order valence-corrected chi connectivity index (χ4v) is 2.40. The Hall–Kier alpha value is -2.96. The van der Waals surface area contributed by atoms with Gasteiger partial charge in [-0.3, -0.25) is 0 Å². The summed E-state index contributed by atoms with van der Waals surface area (Å²) in [4.78, 5) is 0. The fraction of sp³-hybridized carbons (Fsp3) is 0.250. The average Bonchev–Trinajstić information content (AvgIpc) is 2.96. The van der Waals surface area contributed by atoms with Gasteiger partial charge in [0.2, 0.25) is 0 Å². The van der Waals surface area contributed by atoms with E-state index in [1.807, 2.05) is 24.3 Å². The van der Waals surface area contributed by atoms with Crippen LogP contribution in [-0.2, 0) is 9.47 Å². The van der Waals surface area contributed by atoms with E-state index < -0.39 is 0 Å². The van der Waals surface area contributed by atoms with Crippen LogP contribution in [0, 0.1) is 0 Å². The second-order valence-electron chi connectivity index (χ2n) is 5.12. The van der Waals surface area contributed by atoms with Crippen molar-refractivity contribution in [2.75, 3.05) is 31.8 Å². The highest BCUT2D eigenvalue weighted by molar-refractivity contribution is 5.93. The Morgan fingerprint density at radius 1 is 1.22 bits per heavy atom. The molecule has 0 unspecified atom stereocenters. The summed E-state index contributed by atoms with van der Waals surface area (Å²) in [6, 6.07) is 3.78. The molecule has 7 heteroatoms. The molecule has 0 saturated carbocycles. The first-order chi connectivity index (χ1) is 11.2. The number of nitrogens with one attached hydrogen (secondary N) is 2. The number of nitrogens with two attached hydrogens (primary N) is 1. The number of nitrogens with zero attached hydrogens (tertiary/aromatic N) is 2. The summed E-state index contributed by atoms with van der Waals surface area (Å²) >= 11 is 0. The van der Waals surface area contributed by atoms with Crippen molar-refractivity contribution in [2.24, 2.45) is 0 Å². The maximum Gasteiger partial charge on any atom is 0.137 e. The van der Waals surface area contributed by atoms with E-state index in [0.29, 0.717) is 24.2 Å².